The number of rotatable bonds is 4. The molecule has 0 N–H and O–H groups in total. The molecule has 0 fully saturated rings. The van der Waals surface area contributed by atoms with Crippen molar-refractivity contribution in [3.8, 4) is 0 Å². The minimum Gasteiger partial charge on any atom is -0.0928 e. The molecule has 13 heavy (non-hydrogen) atoms. The minimum atomic E-state index is 1.12. The summed E-state index contributed by atoms with van der Waals surface area (Å²) < 4.78 is 0. The van der Waals surface area contributed by atoms with Crippen molar-refractivity contribution < 1.29 is 0 Å². The van der Waals surface area contributed by atoms with Crippen LogP contribution < -0.4 is 0 Å². The van der Waals surface area contributed by atoms with Gasteiger partial charge >= 0.3 is 0 Å². The van der Waals surface area contributed by atoms with Crippen LogP contribution in [0.25, 0.3) is 0 Å². The molecule has 0 bridgehead atoms. The Labute approximate surface area is 89.5 Å². The number of halogens is 1. The van der Waals surface area contributed by atoms with E-state index in [1.54, 1.807) is 5.56 Å². The largest absolute Gasteiger partial charge is 0.0928 e. The molecule has 1 heteroatoms. The van der Waals surface area contributed by atoms with Crippen LogP contribution in [0.1, 0.15) is 29.5 Å². The van der Waals surface area contributed by atoms with Crippen LogP contribution >= 0.6 is 15.9 Å². The first-order valence-electron chi connectivity index (χ1n) is 4.86. The molecule has 0 saturated carbocycles. The lowest BCUT2D eigenvalue weighted by Gasteiger charge is -2.08. The Morgan fingerprint density at radius 2 is 1.69 bits per heavy atom. The molecule has 0 spiro atoms. The van der Waals surface area contributed by atoms with E-state index in [2.05, 4.69) is 48.0 Å². The first-order valence-corrected chi connectivity index (χ1v) is 5.99. The monoisotopic (exact) mass is 240 g/mol. The Morgan fingerprint density at radius 1 is 1.08 bits per heavy atom. The van der Waals surface area contributed by atoms with Gasteiger partial charge in [0.05, 0.1) is 0 Å². The molecular weight excluding hydrogens is 224 g/mol. The van der Waals surface area contributed by atoms with Crippen molar-refractivity contribution in [3.63, 3.8) is 0 Å². The molecule has 1 aromatic rings. The second kappa shape index (κ2) is 5.43. The Hall–Kier alpha value is -0.300. The average molecular weight is 241 g/mol. The molecule has 0 nitrogen and oxygen atoms in total. The van der Waals surface area contributed by atoms with Crippen molar-refractivity contribution in [2.45, 2.75) is 33.1 Å². The summed E-state index contributed by atoms with van der Waals surface area (Å²) in [5, 5.41) is 1.12. The number of aryl methyl sites for hydroxylation is 2. The zero-order valence-corrected chi connectivity index (χ0v) is 10.0. The normalized spacial score (nSPS) is 10.4. The van der Waals surface area contributed by atoms with Gasteiger partial charge in [-0.3, -0.25) is 0 Å². The van der Waals surface area contributed by atoms with Gasteiger partial charge in [0.2, 0.25) is 0 Å². The van der Waals surface area contributed by atoms with Crippen molar-refractivity contribution in [2.75, 3.05) is 5.33 Å². The van der Waals surface area contributed by atoms with Crippen molar-refractivity contribution in [1.82, 2.24) is 0 Å². The molecule has 0 aliphatic heterocycles. The second-order valence-corrected chi connectivity index (χ2v) is 4.31. The molecule has 1 rings (SSSR count). The first kappa shape index (κ1) is 10.8. The third-order valence-corrected chi connectivity index (χ3v) is 3.02. The van der Waals surface area contributed by atoms with Gasteiger partial charge in [-0.1, -0.05) is 34.1 Å². The maximum absolute atomic E-state index is 3.46. The van der Waals surface area contributed by atoms with Crippen LogP contribution in [0.4, 0.5) is 0 Å². The topological polar surface area (TPSA) is 0 Å². The predicted octanol–water partition coefficient (Wildman–Crippen LogP) is 4.02. The lowest BCUT2D eigenvalue weighted by atomic mass is 9.98. The third kappa shape index (κ3) is 3.15. The molecule has 0 aliphatic carbocycles. The van der Waals surface area contributed by atoms with E-state index in [1.807, 2.05) is 0 Å². The maximum atomic E-state index is 3.46. The summed E-state index contributed by atoms with van der Waals surface area (Å²) in [7, 11) is 0. The maximum Gasteiger partial charge on any atom is 0.00314 e. The van der Waals surface area contributed by atoms with Gasteiger partial charge in [0.15, 0.2) is 0 Å². The molecule has 0 heterocycles. The van der Waals surface area contributed by atoms with Gasteiger partial charge in [-0.25, -0.2) is 0 Å². The Morgan fingerprint density at radius 3 is 2.23 bits per heavy atom. The van der Waals surface area contributed by atoms with Crippen molar-refractivity contribution in [1.29, 1.82) is 0 Å². The highest BCUT2D eigenvalue weighted by Gasteiger charge is 2.00. The summed E-state index contributed by atoms with van der Waals surface area (Å²) in [4.78, 5) is 0. The van der Waals surface area contributed by atoms with E-state index in [-0.39, 0.29) is 0 Å². The standard InChI is InChI=1S/C12H17Br/c1-10-6-5-7-11(2)12(10)8-3-4-9-13/h5-7H,3-4,8-9H2,1-2H3. The summed E-state index contributed by atoms with van der Waals surface area (Å²) in [6.45, 7) is 4.41. The van der Waals surface area contributed by atoms with E-state index in [1.165, 1.54) is 30.4 Å². The number of hydrogen-bond acceptors (Lipinski definition) is 0. The van der Waals surface area contributed by atoms with Crippen LogP contribution in [0.15, 0.2) is 18.2 Å². The zero-order valence-electron chi connectivity index (χ0n) is 8.44. The van der Waals surface area contributed by atoms with Crippen LogP contribution in [-0.4, -0.2) is 5.33 Å². The van der Waals surface area contributed by atoms with Crippen molar-refractivity contribution in [3.05, 3.63) is 34.9 Å². The quantitative estimate of drug-likeness (QED) is 0.551. The molecule has 0 aliphatic rings. The SMILES string of the molecule is Cc1cccc(C)c1CCCCBr. The zero-order chi connectivity index (χ0) is 9.68. The van der Waals surface area contributed by atoms with Crippen LogP contribution in [0.3, 0.4) is 0 Å². The van der Waals surface area contributed by atoms with Crippen molar-refractivity contribution in [2.24, 2.45) is 0 Å². The molecule has 0 aromatic heterocycles. The van der Waals surface area contributed by atoms with Gasteiger partial charge in [-0.15, -0.1) is 0 Å². The molecule has 0 saturated heterocycles. The van der Waals surface area contributed by atoms with Gasteiger partial charge in [0.1, 0.15) is 0 Å². The van der Waals surface area contributed by atoms with Gasteiger partial charge in [0.25, 0.3) is 0 Å². The highest BCUT2D eigenvalue weighted by atomic mass is 79.9. The van der Waals surface area contributed by atoms with E-state index in [4.69, 9.17) is 0 Å². The fourth-order valence-electron chi connectivity index (χ4n) is 1.64. The summed E-state index contributed by atoms with van der Waals surface area (Å²) >= 11 is 3.46. The van der Waals surface area contributed by atoms with Crippen molar-refractivity contribution >= 4 is 15.9 Å². The van der Waals surface area contributed by atoms with Crippen LogP contribution in [0, 0.1) is 13.8 Å². The summed E-state index contributed by atoms with van der Waals surface area (Å²) in [5.74, 6) is 0. The number of benzene rings is 1. The van der Waals surface area contributed by atoms with Gasteiger partial charge in [-0.05, 0) is 49.8 Å². The Bertz CT molecular complexity index is 246. The smallest absolute Gasteiger partial charge is 0.00314 e. The van der Waals surface area contributed by atoms with E-state index < -0.39 is 0 Å². The summed E-state index contributed by atoms with van der Waals surface area (Å²) in [5.41, 5.74) is 4.42. The molecule has 0 amide bonds. The van der Waals surface area contributed by atoms with Gasteiger partial charge in [0, 0.05) is 5.33 Å². The van der Waals surface area contributed by atoms with E-state index >= 15 is 0 Å². The minimum absolute atomic E-state index is 1.12. The molecule has 0 radical (unpaired) electrons. The highest BCUT2D eigenvalue weighted by Crippen LogP contribution is 2.16. The third-order valence-electron chi connectivity index (χ3n) is 2.45. The second-order valence-electron chi connectivity index (χ2n) is 3.52. The molecule has 0 unspecified atom stereocenters. The molecule has 1 aromatic carbocycles. The lowest BCUT2D eigenvalue weighted by Crippen LogP contribution is -1.93. The van der Waals surface area contributed by atoms with Gasteiger partial charge < -0.3 is 0 Å². The van der Waals surface area contributed by atoms with E-state index in [0.717, 1.165) is 5.33 Å². The number of hydrogen-bond donors (Lipinski definition) is 0. The highest BCUT2D eigenvalue weighted by molar-refractivity contribution is 9.09. The van der Waals surface area contributed by atoms with E-state index in [0.29, 0.717) is 0 Å². The fraction of sp³-hybridized carbons (Fsp3) is 0.500. The van der Waals surface area contributed by atoms with Crippen LogP contribution in [0.5, 0.6) is 0 Å². The number of alkyl halides is 1. The predicted molar refractivity (Wildman–Crippen MR) is 62.6 cm³/mol. The molecule has 0 atom stereocenters. The number of unbranched alkanes of at least 4 members (excludes halogenated alkanes) is 1. The Kier molecular flexibility index (Phi) is 4.51. The lowest BCUT2D eigenvalue weighted by molar-refractivity contribution is 0.797. The van der Waals surface area contributed by atoms with Crippen LogP contribution in [-0.2, 0) is 6.42 Å². The summed E-state index contributed by atoms with van der Waals surface area (Å²) in [6.07, 6.45) is 3.79. The Balaban J connectivity index is 2.64. The average Bonchev–Trinajstić information content (AvgIpc) is 2.10. The molecular formula is C12H17Br. The van der Waals surface area contributed by atoms with Gasteiger partial charge in [-0.2, -0.15) is 0 Å². The fourth-order valence-corrected chi connectivity index (χ4v) is 2.04. The van der Waals surface area contributed by atoms with E-state index in [9.17, 15) is 0 Å². The van der Waals surface area contributed by atoms with Crippen LogP contribution in [0.2, 0.25) is 0 Å². The summed E-state index contributed by atoms with van der Waals surface area (Å²) in [6, 6.07) is 6.55. The molecule has 72 valence electrons. The first-order chi connectivity index (χ1) is 6.25.